The average molecular weight is 500 g/mol. The summed E-state index contributed by atoms with van der Waals surface area (Å²) in [5.41, 5.74) is 1.09. The third-order valence-electron chi connectivity index (χ3n) is 5.08. The second kappa shape index (κ2) is 14.7. The van der Waals surface area contributed by atoms with Crippen molar-refractivity contribution in [2.75, 3.05) is 39.3 Å². The minimum absolute atomic E-state index is 0. The van der Waals surface area contributed by atoms with Crippen molar-refractivity contribution in [3.63, 3.8) is 0 Å². The number of likely N-dealkylation sites (tertiary alicyclic amines) is 1. The third-order valence-corrected chi connectivity index (χ3v) is 5.08. The number of benzene rings is 1. The number of ether oxygens (including phenoxy) is 1. The molecular formula is C22H37IN4O. The summed E-state index contributed by atoms with van der Waals surface area (Å²) < 4.78 is 5.72. The molecule has 158 valence electrons. The summed E-state index contributed by atoms with van der Waals surface area (Å²) in [5, 5.41) is 6.84. The van der Waals surface area contributed by atoms with Crippen LogP contribution in [0.25, 0.3) is 0 Å². The number of rotatable bonds is 10. The number of nitrogens with zero attached hydrogens (tertiary/aromatic N) is 2. The second-order valence-electron chi connectivity index (χ2n) is 7.00. The molecule has 1 saturated heterocycles. The van der Waals surface area contributed by atoms with Gasteiger partial charge in [0.05, 0.1) is 6.54 Å². The number of para-hydroxylation sites is 1. The molecule has 2 N–H and O–H groups in total. The number of piperidine rings is 1. The van der Waals surface area contributed by atoms with Crippen LogP contribution in [-0.2, 0) is 6.54 Å². The van der Waals surface area contributed by atoms with E-state index in [2.05, 4.69) is 42.0 Å². The maximum Gasteiger partial charge on any atom is 0.191 e. The summed E-state index contributed by atoms with van der Waals surface area (Å²) >= 11 is 0. The monoisotopic (exact) mass is 500 g/mol. The van der Waals surface area contributed by atoms with E-state index in [1.807, 2.05) is 18.2 Å². The molecule has 1 aliphatic heterocycles. The Kier molecular flexibility index (Phi) is 13.0. The van der Waals surface area contributed by atoms with E-state index < -0.39 is 0 Å². The van der Waals surface area contributed by atoms with Gasteiger partial charge >= 0.3 is 0 Å². The molecule has 0 spiro atoms. The van der Waals surface area contributed by atoms with E-state index in [1.54, 1.807) is 6.08 Å². The number of halogens is 1. The Balaban J connectivity index is 0.00000392. The number of guanidine groups is 1. The first-order valence-electron chi connectivity index (χ1n) is 10.3. The van der Waals surface area contributed by atoms with Gasteiger partial charge in [-0.1, -0.05) is 37.8 Å². The van der Waals surface area contributed by atoms with Gasteiger partial charge in [-0.05, 0) is 57.8 Å². The van der Waals surface area contributed by atoms with E-state index in [4.69, 9.17) is 9.73 Å². The fraction of sp³-hybridized carbons (Fsp3) is 0.591. The zero-order valence-corrected chi connectivity index (χ0v) is 19.8. The molecule has 1 fully saturated rings. The number of nitrogens with one attached hydrogen (secondary N) is 2. The smallest absolute Gasteiger partial charge is 0.191 e. The first kappa shape index (κ1) is 24.8. The Morgan fingerprint density at radius 2 is 2.00 bits per heavy atom. The molecule has 2 rings (SSSR count). The molecule has 1 aliphatic rings. The Morgan fingerprint density at radius 3 is 2.68 bits per heavy atom. The molecule has 0 unspecified atom stereocenters. The summed E-state index contributed by atoms with van der Waals surface area (Å²) in [6.07, 6.45) is 5.60. The van der Waals surface area contributed by atoms with Gasteiger partial charge < -0.3 is 20.3 Å². The fourth-order valence-corrected chi connectivity index (χ4v) is 3.42. The topological polar surface area (TPSA) is 48.9 Å². The number of hydrogen-bond acceptors (Lipinski definition) is 3. The van der Waals surface area contributed by atoms with Gasteiger partial charge in [0.2, 0.25) is 0 Å². The van der Waals surface area contributed by atoms with Gasteiger partial charge in [0.1, 0.15) is 12.4 Å². The predicted octanol–water partition coefficient (Wildman–Crippen LogP) is 4.05. The molecule has 1 aromatic rings. The Morgan fingerprint density at radius 1 is 1.25 bits per heavy atom. The molecule has 0 aromatic heterocycles. The van der Waals surface area contributed by atoms with E-state index >= 15 is 0 Å². The highest BCUT2D eigenvalue weighted by Crippen LogP contribution is 2.20. The third kappa shape index (κ3) is 8.82. The molecular weight excluding hydrogens is 463 g/mol. The van der Waals surface area contributed by atoms with E-state index in [1.165, 1.54) is 38.9 Å². The maximum atomic E-state index is 5.72. The number of hydrogen-bond donors (Lipinski definition) is 2. The first-order valence-corrected chi connectivity index (χ1v) is 10.3. The van der Waals surface area contributed by atoms with E-state index in [9.17, 15) is 0 Å². The summed E-state index contributed by atoms with van der Waals surface area (Å²) in [6.45, 7) is 14.7. The van der Waals surface area contributed by atoms with Crippen molar-refractivity contribution in [2.24, 2.45) is 10.9 Å². The summed E-state index contributed by atoms with van der Waals surface area (Å²) in [6, 6.07) is 8.05. The van der Waals surface area contributed by atoms with Crippen molar-refractivity contribution in [3.05, 3.63) is 42.5 Å². The highest BCUT2D eigenvalue weighted by molar-refractivity contribution is 14.0. The lowest BCUT2D eigenvalue weighted by molar-refractivity contribution is 0.187. The van der Waals surface area contributed by atoms with Crippen LogP contribution in [0.2, 0.25) is 0 Å². The van der Waals surface area contributed by atoms with E-state index in [0.29, 0.717) is 13.2 Å². The van der Waals surface area contributed by atoms with Crippen LogP contribution in [-0.4, -0.2) is 50.2 Å². The van der Waals surface area contributed by atoms with Crippen molar-refractivity contribution < 1.29 is 4.74 Å². The van der Waals surface area contributed by atoms with Crippen molar-refractivity contribution in [3.8, 4) is 5.75 Å². The van der Waals surface area contributed by atoms with Crippen LogP contribution >= 0.6 is 24.0 Å². The van der Waals surface area contributed by atoms with E-state index in [-0.39, 0.29) is 24.0 Å². The molecule has 0 atom stereocenters. The molecule has 0 saturated carbocycles. The molecule has 6 heteroatoms. The van der Waals surface area contributed by atoms with Crippen molar-refractivity contribution in [1.29, 1.82) is 0 Å². The van der Waals surface area contributed by atoms with Gasteiger partial charge in [0.25, 0.3) is 0 Å². The SMILES string of the molecule is C=CCOc1ccccc1CN=C(NCC)NCCC1CCN(CC)CC1.I. The van der Waals surface area contributed by atoms with Crippen LogP contribution in [0.1, 0.15) is 38.7 Å². The summed E-state index contributed by atoms with van der Waals surface area (Å²) in [7, 11) is 0. The quantitative estimate of drug-likeness (QED) is 0.220. The van der Waals surface area contributed by atoms with Gasteiger partial charge in [0.15, 0.2) is 5.96 Å². The van der Waals surface area contributed by atoms with Gasteiger partial charge in [-0.2, -0.15) is 0 Å². The lowest BCUT2D eigenvalue weighted by atomic mass is 9.93. The van der Waals surface area contributed by atoms with Gasteiger partial charge in [-0.25, -0.2) is 4.99 Å². The van der Waals surface area contributed by atoms with Crippen LogP contribution in [0.5, 0.6) is 5.75 Å². The van der Waals surface area contributed by atoms with Gasteiger partial charge in [-0.3, -0.25) is 0 Å². The first-order chi connectivity index (χ1) is 13.3. The van der Waals surface area contributed by atoms with Crippen LogP contribution in [0.4, 0.5) is 0 Å². The minimum atomic E-state index is 0. The minimum Gasteiger partial charge on any atom is -0.489 e. The lowest BCUT2D eigenvalue weighted by Crippen LogP contribution is -2.39. The molecule has 0 aliphatic carbocycles. The predicted molar refractivity (Wildman–Crippen MR) is 130 cm³/mol. The van der Waals surface area contributed by atoms with Crippen LogP contribution in [0.15, 0.2) is 41.9 Å². The molecule has 1 aromatic carbocycles. The molecule has 0 amide bonds. The molecule has 0 bridgehead atoms. The Labute approximate surface area is 188 Å². The average Bonchev–Trinajstić information content (AvgIpc) is 2.71. The molecule has 1 heterocycles. The molecule has 0 radical (unpaired) electrons. The maximum absolute atomic E-state index is 5.72. The van der Waals surface area contributed by atoms with Crippen molar-refractivity contribution >= 4 is 29.9 Å². The second-order valence-corrected chi connectivity index (χ2v) is 7.00. The van der Waals surface area contributed by atoms with Gasteiger partial charge in [0, 0.05) is 18.7 Å². The van der Waals surface area contributed by atoms with Crippen molar-refractivity contribution in [1.82, 2.24) is 15.5 Å². The van der Waals surface area contributed by atoms with Crippen LogP contribution < -0.4 is 15.4 Å². The zero-order valence-electron chi connectivity index (χ0n) is 17.5. The van der Waals surface area contributed by atoms with E-state index in [0.717, 1.165) is 36.3 Å². The molecule has 28 heavy (non-hydrogen) atoms. The Hall–Kier alpha value is -1.28. The highest BCUT2D eigenvalue weighted by atomic mass is 127. The summed E-state index contributed by atoms with van der Waals surface area (Å²) in [5.74, 6) is 2.58. The normalized spacial score (nSPS) is 15.6. The van der Waals surface area contributed by atoms with Crippen molar-refractivity contribution in [2.45, 2.75) is 39.7 Å². The largest absolute Gasteiger partial charge is 0.489 e. The number of aliphatic imine (C=N–C) groups is 1. The lowest BCUT2D eigenvalue weighted by Gasteiger charge is -2.31. The molecule has 5 nitrogen and oxygen atoms in total. The summed E-state index contributed by atoms with van der Waals surface area (Å²) in [4.78, 5) is 7.28. The highest BCUT2D eigenvalue weighted by Gasteiger charge is 2.17. The zero-order chi connectivity index (χ0) is 19.3. The van der Waals surface area contributed by atoms with Crippen LogP contribution in [0.3, 0.4) is 0 Å². The van der Waals surface area contributed by atoms with Crippen LogP contribution in [0, 0.1) is 5.92 Å². The van der Waals surface area contributed by atoms with Gasteiger partial charge in [-0.15, -0.1) is 24.0 Å². The standard InChI is InChI=1S/C22H36N4O.HI/c1-4-17-27-21-10-8-7-9-20(21)18-25-22(23-5-2)24-14-11-19-12-15-26(6-3)16-13-19;/h4,7-10,19H,1,5-6,11-18H2,2-3H3,(H2,23,24,25);1H. The Bertz CT molecular complexity index is 586. The fourth-order valence-electron chi connectivity index (χ4n) is 3.42.